The summed E-state index contributed by atoms with van der Waals surface area (Å²) in [6.07, 6.45) is 3.16. The molecule has 0 unspecified atom stereocenters. The van der Waals surface area contributed by atoms with Crippen LogP contribution in [0.1, 0.15) is 31.2 Å². The number of carbonyl (C=O) groups excluding carboxylic acids is 2. The van der Waals surface area contributed by atoms with Crippen LogP contribution in [0.5, 0.6) is 0 Å². The lowest BCUT2D eigenvalue weighted by Crippen LogP contribution is -2.21. The molecule has 0 saturated carbocycles. The molecule has 174 valence electrons. The van der Waals surface area contributed by atoms with Gasteiger partial charge in [-0.1, -0.05) is 17.7 Å². The smallest absolute Gasteiger partial charge is 0.341 e. The quantitative estimate of drug-likeness (QED) is 0.376. The van der Waals surface area contributed by atoms with E-state index in [2.05, 4.69) is 15.7 Å². The summed E-state index contributed by atoms with van der Waals surface area (Å²) in [5, 5.41) is 11.0. The third kappa shape index (κ3) is 5.49. The van der Waals surface area contributed by atoms with Gasteiger partial charge in [0.05, 0.1) is 36.0 Å². The van der Waals surface area contributed by atoms with Gasteiger partial charge in [0.15, 0.2) is 5.11 Å². The van der Waals surface area contributed by atoms with Crippen molar-refractivity contribution in [3.63, 3.8) is 0 Å². The Balaban J connectivity index is 1.77. The van der Waals surface area contributed by atoms with Gasteiger partial charge in [-0.25, -0.2) is 9.18 Å². The molecule has 3 rings (SSSR count). The van der Waals surface area contributed by atoms with E-state index in [-0.39, 0.29) is 23.1 Å². The zero-order valence-corrected chi connectivity index (χ0v) is 20.6. The van der Waals surface area contributed by atoms with E-state index in [1.54, 1.807) is 33.3 Å². The number of methoxy groups -OCH3 is 1. The molecule has 12 heteroatoms. The number of nitrogens with one attached hydrogen (secondary N) is 2. The first-order valence-electron chi connectivity index (χ1n) is 9.59. The summed E-state index contributed by atoms with van der Waals surface area (Å²) >= 11 is 12.6. The first kappa shape index (κ1) is 24.6. The molecule has 1 amide bonds. The molecule has 2 heterocycles. The number of thiophene rings is 1. The van der Waals surface area contributed by atoms with Gasteiger partial charge < -0.3 is 20.3 Å². The Labute approximate surface area is 204 Å². The maximum Gasteiger partial charge on any atom is 0.341 e. The van der Waals surface area contributed by atoms with Gasteiger partial charge in [0.1, 0.15) is 10.8 Å². The van der Waals surface area contributed by atoms with E-state index >= 15 is 0 Å². The number of nitrogens with zero attached hydrogens (tertiary/aromatic N) is 3. The van der Waals surface area contributed by atoms with E-state index in [1.165, 1.54) is 35.0 Å². The number of thiocarbonyl (C=S) groups is 1. The molecule has 3 aromatic rings. The van der Waals surface area contributed by atoms with Crippen molar-refractivity contribution in [2.75, 3.05) is 31.8 Å². The molecule has 33 heavy (non-hydrogen) atoms. The van der Waals surface area contributed by atoms with E-state index in [0.29, 0.717) is 31.7 Å². The Morgan fingerprint density at radius 1 is 1.33 bits per heavy atom. The monoisotopic (exact) mass is 509 g/mol. The first-order chi connectivity index (χ1) is 15.6. The highest BCUT2D eigenvalue weighted by atomic mass is 35.5. The lowest BCUT2D eigenvalue weighted by molar-refractivity contribution is 0.0601. The van der Waals surface area contributed by atoms with Gasteiger partial charge >= 0.3 is 5.97 Å². The summed E-state index contributed by atoms with van der Waals surface area (Å²) in [6, 6.07) is 4.48. The van der Waals surface area contributed by atoms with Gasteiger partial charge in [-0.2, -0.15) is 5.10 Å². The molecule has 0 saturated heterocycles. The number of anilines is 2. The molecular formula is C21H21ClFN5O3S2. The normalized spacial score (nSPS) is 10.6. The van der Waals surface area contributed by atoms with Crippen molar-refractivity contribution in [3.8, 4) is 0 Å². The second-order valence-electron chi connectivity index (χ2n) is 7.16. The average Bonchev–Trinajstić information content (AvgIpc) is 3.33. The summed E-state index contributed by atoms with van der Waals surface area (Å²) < 4.78 is 20.4. The highest BCUT2D eigenvalue weighted by Crippen LogP contribution is 2.34. The van der Waals surface area contributed by atoms with Crippen molar-refractivity contribution in [1.82, 2.24) is 14.7 Å². The van der Waals surface area contributed by atoms with Crippen molar-refractivity contribution in [1.29, 1.82) is 0 Å². The number of aromatic nitrogens is 2. The van der Waals surface area contributed by atoms with Crippen LogP contribution in [0.3, 0.4) is 0 Å². The third-order valence-electron chi connectivity index (χ3n) is 4.64. The summed E-state index contributed by atoms with van der Waals surface area (Å²) in [5.74, 6) is -1.24. The van der Waals surface area contributed by atoms with Crippen LogP contribution in [0.2, 0.25) is 5.02 Å². The molecule has 0 spiro atoms. The molecule has 2 N–H and O–H groups in total. The highest BCUT2D eigenvalue weighted by Gasteiger charge is 2.26. The van der Waals surface area contributed by atoms with Crippen molar-refractivity contribution in [2.24, 2.45) is 0 Å². The van der Waals surface area contributed by atoms with Crippen LogP contribution in [0.4, 0.5) is 15.1 Å². The SMILES string of the molecule is COC(=O)c1c(NC(=S)Nc2cnn(Cc3c(F)cccc3Cl)c2)sc(C(=O)N(C)C)c1C. The number of halogens is 2. The topological polar surface area (TPSA) is 88.5 Å². The van der Waals surface area contributed by atoms with Gasteiger partial charge in [0.25, 0.3) is 5.91 Å². The predicted molar refractivity (Wildman–Crippen MR) is 131 cm³/mol. The second kappa shape index (κ2) is 10.3. The molecule has 2 aromatic heterocycles. The van der Waals surface area contributed by atoms with Crippen LogP contribution in [-0.2, 0) is 11.3 Å². The molecule has 1 aromatic carbocycles. The Kier molecular flexibility index (Phi) is 7.67. The molecule has 0 fully saturated rings. The Morgan fingerprint density at radius 3 is 2.70 bits per heavy atom. The van der Waals surface area contributed by atoms with Crippen LogP contribution in [0.15, 0.2) is 30.6 Å². The maximum absolute atomic E-state index is 14.0. The Hall–Kier alpha value is -3.02. The first-order valence-corrected chi connectivity index (χ1v) is 11.2. The predicted octanol–water partition coefficient (Wildman–Crippen LogP) is 4.39. The van der Waals surface area contributed by atoms with Crippen molar-refractivity contribution < 1.29 is 18.7 Å². The Bertz CT molecular complexity index is 1200. The van der Waals surface area contributed by atoms with Gasteiger partial charge in [-0.05, 0) is 36.8 Å². The van der Waals surface area contributed by atoms with Crippen molar-refractivity contribution in [3.05, 3.63) is 63.0 Å². The van der Waals surface area contributed by atoms with Crippen LogP contribution in [-0.4, -0.2) is 52.9 Å². The fraction of sp³-hybridized carbons (Fsp3) is 0.238. The molecule has 0 aliphatic rings. The zero-order chi connectivity index (χ0) is 24.3. The minimum Gasteiger partial charge on any atom is -0.465 e. The molecule has 0 radical (unpaired) electrons. The summed E-state index contributed by atoms with van der Waals surface area (Å²) in [5.41, 5.74) is 1.61. The van der Waals surface area contributed by atoms with E-state index in [0.717, 1.165) is 11.3 Å². The average molecular weight is 510 g/mol. The zero-order valence-electron chi connectivity index (χ0n) is 18.2. The fourth-order valence-electron chi connectivity index (χ4n) is 2.98. The summed E-state index contributed by atoms with van der Waals surface area (Å²) in [4.78, 5) is 26.6. The maximum atomic E-state index is 14.0. The minimum absolute atomic E-state index is 0.139. The Morgan fingerprint density at radius 2 is 2.06 bits per heavy atom. The minimum atomic E-state index is -0.582. The van der Waals surface area contributed by atoms with Crippen molar-refractivity contribution in [2.45, 2.75) is 13.5 Å². The molecule has 0 aliphatic heterocycles. The second-order valence-corrected chi connectivity index (χ2v) is 8.99. The molecule has 0 aliphatic carbocycles. The van der Waals surface area contributed by atoms with Gasteiger partial charge in [0.2, 0.25) is 0 Å². The standard InChI is InChI=1S/C21H21ClFN5O3S2/c1-11-16(20(30)31-4)18(33-17(11)19(29)27(2)3)26-21(32)25-12-8-24-28(9-12)10-13-14(22)6-5-7-15(13)23/h5-9H,10H2,1-4H3,(H2,25,26,32). The molecule has 0 atom stereocenters. The largest absolute Gasteiger partial charge is 0.465 e. The highest BCUT2D eigenvalue weighted by molar-refractivity contribution is 7.80. The fourth-order valence-corrected chi connectivity index (χ4v) is 4.71. The van der Waals surface area contributed by atoms with E-state index < -0.39 is 11.8 Å². The van der Waals surface area contributed by atoms with Gasteiger partial charge in [-0.3, -0.25) is 9.48 Å². The number of carbonyl (C=O) groups is 2. The third-order valence-corrected chi connectivity index (χ3v) is 6.39. The number of ether oxygens (including phenoxy) is 1. The van der Waals surface area contributed by atoms with E-state index in [1.807, 2.05) is 0 Å². The molecular weight excluding hydrogens is 489 g/mol. The number of amides is 1. The van der Waals surface area contributed by atoms with Crippen LogP contribution in [0, 0.1) is 12.7 Å². The number of hydrogen-bond donors (Lipinski definition) is 2. The van der Waals surface area contributed by atoms with Gasteiger partial charge in [0, 0.05) is 30.9 Å². The summed E-state index contributed by atoms with van der Waals surface area (Å²) in [7, 11) is 4.53. The summed E-state index contributed by atoms with van der Waals surface area (Å²) in [6.45, 7) is 1.82. The lowest BCUT2D eigenvalue weighted by Gasteiger charge is -2.09. The van der Waals surface area contributed by atoms with E-state index in [9.17, 15) is 14.0 Å². The number of esters is 1. The van der Waals surface area contributed by atoms with Crippen LogP contribution >= 0.6 is 35.2 Å². The van der Waals surface area contributed by atoms with Gasteiger partial charge in [-0.15, -0.1) is 11.3 Å². The molecule has 0 bridgehead atoms. The van der Waals surface area contributed by atoms with Crippen LogP contribution < -0.4 is 10.6 Å². The number of hydrogen-bond acceptors (Lipinski definition) is 6. The van der Waals surface area contributed by atoms with Crippen molar-refractivity contribution >= 4 is 62.8 Å². The van der Waals surface area contributed by atoms with E-state index in [4.69, 9.17) is 28.6 Å². The van der Waals surface area contributed by atoms with Crippen LogP contribution in [0.25, 0.3) is 0 Å². The number of benzene rings is 1. The lowest BCUT2D eigenvalue weighted by atomic mass is 10.1. The number of rotatable bonds is 6. The molecule has 8 nitrogen and oxygen atoms in total.